The molecule has 0 radical (unpaired) electrons. The molecule has 136 valence electrons. The van der Waals surface area contributed by atoms with Crippen molar-refractivity contribution in [2.45, 2.75) is 40.0 Å². The van der Waals surface area contributed by atoms with Crippen LogP contribution in [0.5, 0.6) is 0 Å². The lowest BCUT2D eigenvalue weighted by atomic mass is 10.1. The maximum Gasteiger partial charge on any atom is 0.335 e. The van der Waals surface area contributed by atoms with Gasteiger partial charge >= 0.3 is 17.6 Å². The molecule has 0 aliphatic carbocycles. The first-order valence-electron chi connectivity index (χ1n) is 7.99. The predicted molar refractivity (Wildman–Crippen MR) is 93.1 cm³/mol. The number of hydrogen-bond acceptors (Lipinski definition) is 6. The van der Waals surface area contributed by atoms with E-state index >= 15 is 0 Å². The first-order valence-corrected chi connectivity index (χ1v) is 7.99. The Morgan fingerprint density at radius 1 is 1.20 bits per heavy atom. The van der Waals surface area contributed by atoms with Crippen molar-refractivity contribution < 1.29 is 23.5 Å². The molecule has 1 aromatic rings. The number of ether oxygens (including phenoxy) is 2. The molecule has 0 saturated carbocycles. The van der Waals surface area contributed by atoms with Crippen molar-refractivity contribution in [1.82, 2.24) is 0 Å². The van der Waals surface area contributed by atoms with E-state index in [1.54, 1.807) is 19.9 Å². The third-order valence-corrected chi connectivity index (χ3v) is 3.61. The van der Waals surface area contributed by atoms with E-state index in [-0.39, 0.29) is 19.0 Å². The van der Waals surface area contributed by atoms with Gasteiger partial charge in [0.2, 0.25) is 0 Å². The van der Waals surface area contributed by atoms with Crippen LogP contribution >= 0.6 is 0 Å². The SMILES string of the molecule is COC(=O)C(C)=CCCC(C)=CCOC(=O)Cc1oc(=O)ccc1C. The molecule has 0 fully saturated rings. The summed E-state index contributed by atoms with van der Waals surface area (Å²) in [5.41, 5.74) is 1.86. The number of rotatable bonds is 8. The van der Waals surface area contributed by atoms with E-state index in [0.29, 0.717) is 17.8 Å². The molecule has 0 amide bonds. The lowest BCUT2D eigenvalue weighted by Crippen LogP contribution is -2.11. The van der Waals surface area contributed by atoms with Gasteiger partial charge in [-0.1, -0.05) is 11.6 Å². The van der Waals surface area contributed by atoms with Gasteiger partial charge in [-0.25, -0.2) is 9.59 Å². The Bertz CT molecular complexity index is 724. The van der Waals surface area contributed by atoms with Crippen LogP contribution in [-0.2, 0) is 25.5 Å². The Balaban J connectivity index is 2.40. The monoisotopic (exact) mass is 348 g/mol. The van der Waals surface area contributed by atoms with Crippen LogP contribution in [0.3, 0.4) is 0 Å². The Kier molecular flexibility index (Phi) is 8.39. The maximum absolute atomic E-state index is 11.8. The fourth-order valence-corrected chi connectivity index (χ4v) is 2.02. The molecule has 0 N–H and O–H groups in total. The van der Waals surface area contributed by atoms with E-state index in [1.165, 1.54) is 13.2 Å². The molecular formula is C19H24O6. The minimum absolute atomic E-state index is 0.0735. The second-order valence-corrected chi connectivity index (χ2v) is 5.69. The molecule has 0 unspecified atom stereocenters. The summed E-state index contributed by atoms with van der Waals surface area (Å²) in [7, 11) is 1.35. The molecule has 0 aromatic carbocycles. The topological polar surface area (TPSA) is 82.8 Å². The summed E-state index contributed by atoms with van der Waals surface area (Å²) in [5, 5.41) is 0. The molecule has 0 bridgehead atoms. The third kappa shape index (κ3) is 7.65. The summed E-state index contributed by atoms with van der Waals surface area (Å²) in [6.45, 7) is 5.55. The van der Waals surface area contributed by atoms with Crippen molar-refractivity contribution >= 4 is 11.9 Å². The molecule has 0 aliphatic heterocycles. The zero-order valence-corrected chi connectivity index (χ0v) is 15.1. The van der Waals surface area contributed by atoms with Gasteiger partial charge in [0.1, 0.15) is 18.8 Å². The molecule has 1 aromatic heterocycles. The summed E-state index contributed by atoms with van der Waals surface area (Å²) in [6.07, 6.45) is 5.00. The number of esters is 2. The van der Waals surface area contributed by atoms with E-state index in [1.807, 2.05) is 19.1 Å². The number of carbonyl (C=O) groups is 2. The van der Waals surface area contributed by atoms with E-state index in [0.717, 1.165) is 17.6 Å². The normalized spacial score (nSPS) is 12.0. The van der Waals surface area contributed by atoms with Crippen molar-refractivity contribution in [3.8, 4) is 0 Å². The van der Waals surface area contributed by atoms with Crippen LogP contribution in [0.2, 0.25) is 0 Å². The minimum Gasteiger partial charge on any atom is -0.466 e. The Hall–Kier alpha value is -2.63. The van der Waals surface area contributed by atoms with E-state index in [2.05, 4.69) is 4.74 Å². The Morgan fingerprint density at radius 3 is 2.60 bits per heavy atom. The highest BCUT2D eigenvalue weighted by molar-refractivity contribution is 5.87. The van der Waals surface area contributed by atoms with Crippen molar-refractivity contribution in [2.75, 3.05) is 13.7 Å². The number of methoxy groups -OCH3 is 1. The first kappa shape index (κ1) is 20.4. The molecule has 1 rings (SSSR count). The average Bonchev–Trinajstić information content (AvgIpc) is 2.57. The minimum atomic E-state index is -0.487. The largest absolute Gasteiger partial charge is 0.466 e. The zero-order chi connectivity index (χ0) is 18.8. The van der Waals surface area contributed by atoms with Gasteiger partial charge in [0.05, 0.1) is 7.11 Å². The van der Waals surface area contributed by atoms with Gasteiger partial charge in [-0.05, 0) is 51.3 Å². The summed E-state index contributed by atoms with van der Waals surface area (Å²) in [5.74, 6) is -0.469. The van der Waals surface area contributed by atoms with E-state index in [4.69, 9.17) is 9.15 Å². The van der Waals surface area contributed by atoms with Crippen molar-refractivity contribution in [1.29, 1.82) is 0 Å². The first-order chi connectivity index (χ1) is 11.8. The van der Waals surface area contributed by atoms with E-state index in [9.17, 15) is 14.4 Å². The molecule has 1 heterocycles. The molecular weight excluding hydrogens is 324 g/mol. The van der Waals surface area contributed by atoms with Gasteiger partial charge in [-0.3, -0.25) is 4.79 Å². The standard InChI is InChI=1S/C19H24O6/c1-13(6-5-7-15(3)19(22)23-4)10-11-24-18(21)12-16-14(2)8-9-17(20)25-16/h7-10H,5-6,11-12H2,1-4H3. The highest BCUT2D eigenvalue weighted by Gasteiger charge is 2.10. The van der Waals surface area contributed by atoms with Gasteiger partial charge in [0, 0.05) is 11.6 Å². The van der Waals surface area contributed by atoms with Crippen LogP contribution in [0.15, 0.2) is 44.6 Å². The fourth-order valence-electron chi connectivity index (χ4n) is 2.02. The smallest absolute Gasteiger partial charge is 0.335 e. The second kappa shape index (κ2) is 10.3. The Morgan fingerprint density at radius 2 is 1.92 bits per heavy atom. The molecule has 6 heteroatoms. The molecule has 25 heavy (non-hydrogen) atoms. The molecule has 0 aliphatic rings. The molecule has 6 nitrogen and oxygen atoms in total. The lowest BCUT2D eigenvalue weighted by molar-refractivity contribution is -0.142. The third-order valence-electron chi connectivity index (χ3n) is 3.61. The van der Waals surface area contributed by atoms with Crippen molar-refractivity contribution in [3.63, 3.8) is 0 Å². The maximum atomic E-state index is 11.8. The quantitative estimate of drug-likeness (QED) is 0.408. The summed E-state index contributed by atoms with van der Waals surface area (Å²) >= 11 is 0. The van der Waals surface area contributed by atoms with Crippen LogP contribution in [0.4, 0.5) is 0 Å². The predicted octanol–water partition coefficient (Wildman–Crippen LogP) is 2.88. The lowest BCUT2D eigenvalue weighted by Gasteiger charge is -2.05. The van der Waals surface area contributed by atoms with Gasteiger partial charge in [0.25, 0.3) is 0 Å². The highest BCUT2D eigenvalue weighted by atomic mass is 16.5. The van der Waals surface area contributed by atoms with Gasteiger partial charge < -0.3 is 13.9 Å². The molecule has 0 atom stereocenters. The van der Waals surface area contributed by atoms with Crippen molar-refractivity contribution in [3.05, 3.63) is 57.2 Å². The van der Waals surface area contributed by atoms with Crippen LogP contribution in [0.1, 0.15) is 38.0 Å². The molecule has 0 spiro atoms. The number of hydrogen-bond donors (Lipinski definition) is 0. The van der Waals surface area contributed by atoms with Gasteiger partial charge in [-0.2, -0.15) is 0 Å². The summed E-state index contributed by atoms with van der Waals surface area (Å²) < 4.78 is 14.7. The van der Waals surface area contributed by atoms with Gasteiger partial charge in [0.15, 0.2) is 0 Å². The zero-order valence-electron chi connectivity index (χ0n) is 15.1. The Labute approximate surface area is 147 Å². The van der Waals surface area contributed by atoms with Crippen LogP contribution in [0, 0.1) is 6.92 Å². The number of aryl methyl sites for hydroxylation is 1. The number of allylic oxidation sites excluding steroid dienone is 2. The van der Waals surface area contributed by atoms with Crippen LogP contribution < -0.4 is 5.63 Å². The molecule has 0 saturated heterocycles. The second-order valence-electron chi connectivity index (χ2n) is 5.69. The van der Waals surface area contributed by atoms with Crippen LogP contribution in [-0.4, -0.2) is 25.7 Å². The van der Waals surface area contributed by atoms with Gasteiger partial charge in [-0.15, -0.1) is 0 Å². The van der Waals surface area contributed by atoms with Crippen LogP contribution in [0.25, 0.3) is 0 Å². The van der Waals surface area contributed by atoms with Crippen molar-refractivity contribution in [2.24, 2.45) is 0 Å². The fraction of sp³-hybridized carbons (Fsp3) is 0.421. The summed E-state index contributed by atoms with van der Waals surface area (Å²) in [4.78, 5) is 34.2. The summed E-state index contributed by atoms with van der Waals surface area (Å²) in [6, 6.07) is 2.93. The highest BCUT2D eigenvalue weighted by Crippen LogP contribution is 2.09. The average molecular weight is 348 g/mol. The number of carbonyl (C=O) groups excluding carboxylic acids is 2. The van der Waals surface area contributed by atoms with E-state index < -0.39 is 11.6 Å².